The van der Waals surface area contributed by atoms with Crippen LogP contribution in [-0.4, -0.2) is 40.8 Å². The summed E-state index contributed by atoms with van der Waals surface area (Å²) in [7, 11) is 0. The van der Waals surface area contributed by atoms with Crippen LogP contribution in [0.4, 0.5) is 0 Å². The maximum Gasteiger partial charge on any atom is 0.254 e. The second-order valence-corrected chi connectivity index (χ2v) is 9.04. The van der Waals surface area contributed by atoms with Gasteiger partial charge in [-0.05, 0) is 59.7 Å². The summed E-state index contributed by atoms with van der Waals surface area (Å²) >= 11 is 2.26. The number of aromatic amines is 1. The maximum atomic E-state index is 12.6. The summed E-state index contributed by atoms with van der Waals surface area (Å²) in [6, 6.07) is 4.04. The van der Waals surface area contributed by atoms with Crippen molar-refractivity contribution < 1.29 is 4.79 Å². The number of fused-ring (bicyclic) bond motifs is 1. The van der Waals surface area contributed by atoms with E-state index in [1.165, 1.54) is 0 Å². The van der Waals surface area contributed by atoms with Crippen LogP contribution >= 0.6 is 22.6 Å². The summed E-state index contributed by atoms with van der Waals surface area (Å²) in [6.07, 6.45) is 14.6. The van der Waals surface area contributed by atoms with Gasteiger partial charge < -0.3 is 20.1 Å². The molecule has 3 N–H and O–H groups in total. The Morgan fingerprint density at radius 1 is 1.34 bits per heavy atom. The summed E-state index contributed by atoms with van der Waals surface area (Å²) in [5.41, 5.74) is 3.81. The number of nitrogens with one attached hydrogen (secondary N) is 3. The number of hydrogen-bond acceptors (Lipinski definition) is 5. The van der Waals surface area contributed by atoms with Crippen molar-refractivity contribution in [2.24, 2.45) is 5.92 Å². The SMILES string of the molecule is N=C(/C=C\c1ncc(Cn2cc(C(=O)NCc3ncn4ccc(I)cc34)cn2)[nH]1)C1CC1. The molecular formula is C22H21IN8O. The van der Waals surface area contributed by atoms with E-state index in [1.807, 2.05) is 28.8 Å². The minimum atomic E-state index is -0.199. The van der Waals surface area contributed by atoms with Gasteiger partial charge in [-0.15, -0.1) is 0 Å². The Morgan fingerprint density at radius 3 is 3.06 bits per heavy atom. The lowest BCUT2D eigenvalue weighted by Gasteiger charge is -2.02. The van der Waals surface area contributed by atoms with Crippen molar-refractivity contribution in [3.63, 3.8) is 0 Å². The number of pyridine rings is 1. The van der Waals surface area contributed by atoms with Gasteiger partial charge in [0.2, 0.25) is 0 Å². The maximum absolute atomic E-state index is 12.6. The number of aromatic nitrogens is 6. The fourth-order valence-corrected chi connectivity index (χ4v) is 3.86. The van der Waals surface area contributed by atoms with Crippen LogP contribution in [0.5, 0.6) is 0 Å². The molecule has 0 unspecified atom stereocenters. The van der Waals surface area contributed by atoms with E-state index in [1.54, 1.807) is 35.7 Å². The van der Waals surface area contributed by atoms with Gasteiger partial charge in [0.1, 0.15) is 5.82 Å². The van der Waals surface area contributed by atoms with Crippen molar-refractivity contribution in [3.8, 4) is 0 Å². The Morgan fingerprint density at radius 2 is 2.22 bits per heavy atom. The van der Waals surface area contributed by atoms with Crippen LogP contribution in [0.15, 0.2) is 49.3 Å². The second-order valence-electron chi connectivity index (χ2n) is 7.79. The van der Waals surface area contributed by atoms with Crippen molar-refractivity contribution >= 4 is 45.8 Å². The quantitative estimate of drug-likeness (QED) is 0.235. The van der Waals surface area contributed by atoms with E-state index >= 15 is 0 Å². The summed E-state index contributed by atoms with van der Waals surface area (Å²) < 4.78 is 4.74. The number of imidazole rings is 2. The first kappa shape index (κ1) is 20.6. The van der Waals surface area contributed by atoms with Crippen LogP contribution < -0.4 is 5.32 Å². The Hall–Kier alpha value is -3.28. The predicted molar refractivity (Wildman–Crippen MR) is 128 cm³/mol. The van der Waals surface area contributed by atoms with Crippen molar-refractivity contribution in [2.75, 3.05) is 0 Å². The monoisotopic (exact) mass is 540 g/mol. The lowest BCUT2D eigenvalue weighted by Crippen LogP contribution is -2.22. The summed E-state index contributed by atoms with van der Waals surface area (Å²) in [6.45, 7) is 0.811. The van der Waals surface area contributed by atoms with Gasteiger partial charge in [0.25, 0.3) is 5.91 Å². The molecule has 4 aromatic rings. The van der Waals surface area contributed by atoms with Crippen LogP contribution in [0.25, 0.3) is 11.6 Å². The van der Waals surface area contributed by atoms with Crippen LogP contribution in [0.1, 0.15) is 40.4 Å². The first-order chi connectivity index (χ1) is 15.5. The standard InChI is InChI=1S/C22H21IN8O/c23-16-5-6-30-13-27-19(20(30)7-16)10-26-22(32)15-8-28-31(11-15)12-17-9-25-21(29-17)4-3-18(24)14-1-2-14/h3-9,11,13-14,24H,1-2,10,12H2,(H,25,29)(H,26,32)/b4-3-,24-18?. The molecule has 162 valence electrons. The molecule has 1 fully saturated rings. The average molecular weight is 540 g/mol. The molecule has 0 atom stereocenters. The summed E-state index contributed by atoms with van der Waals surface area (Å²) in [5.74, 6) is 0.928. The lowest BCUT2D eigenvalue weighted by atomic mass is 10.2. The third-order valence-electron chi connectivity index (χ3n) is 5.31. The summed E-state index contributed by atoms with van der Waals surface area (Å²) in [4.78, 5) is 24.5. The number of allylic oxidation sites excluding steroid dienone is 1. The lowest BCUT2D eigenvalue weighted by molar-refractivity contribution is 0.0950. The van der Waals surface area contributed by atoms with Gasteiger partial charge >= 0.3 is 0 Å². The molecule has 10 heteroatoms. The number of halogens is 1. The first-order valence-electron chi connectivity index (χ1n) is 10.3. The fourth-order valence-electron chi connectivity index (χ4n) is 3.40. The van der Waals surface area contributed by atoms with Crippen LogP contribution in [0.3, 0.4) is 0 Å². The molecule has 0 radical (unpaired) electrons. The Bertz CT molecular complexity index is 1330. The molecule has 0 spiro atoms. The summed E-state index contributed by atoms with van der Waals surface area (Å²) in [5, 5.41) is 15.1. The molecule has 5 rings (SSSR count). The predicted octanol–water partition coefficient (Wildman–Crippen LogP) is 3.28. The number of hydrogen-bond donors (Lipinski definition) is 3. The van der Waals surface area contributed by atoms with Crippen molar-refractivity contribution in [1.29, 1.82) is 5.41 Å². The molecule has 0 bridgehead atoms. The topological polar surface area (TPSA) is 117 Å². The van der Waals surface area contributed by atoms with Gasteiger partial charge in [0.15, 0.2) is 0 Å². The highest BCUT2D eigenvalue weighted by Crippen LogP contribution is 2.30. The molecule has 0 saturated heterocycles. The highest BCUT2D eigenvalue weighted by molar-refractivity contribution is 14.1. The van der Waals surface area contributed by atoms with E-state index in [4.69, 9.17) is 5.41 Å². The molecule has 32 heavy (non-hydrogen) atoms. The molecule has 0 aliphatic heterocycles. The number of H-pyrrole nitrogens is 1. The third-order valence-corrected chi connectivity index (χ3v) is 5.98. The zero-order valence-electron chi connectivity index (χ0n) is 17.1. The molecule has 1 saturated carbocycles. The normalized spacial score (nSPS) is 13.8. The van der Waals surface area contributed by atoms with Crippen molar-refractivity contribution in [2.45, 2.75) is 25.9 Å². The minimum absolute atomic E-state index is 0.199. The number of carbonyl (C=O) groups excluding carboxylic acids is 1. The first-order valence-corrected chi connectivity index (χ1v) is 11.3. The second kappa shape index (κ2) is 8.69. The fraction of sp³-hybridized carbons (Fsp3) is 0.227. The molecule has 1 amide bonds. The van der Waals surface area contributed by atoms with Gasteiger partial charge in [-0.2, -0.15) is 5.10 Å². The van der Waals surface area contributed by atoms with Crippen LogP contribution in [0, 0.1) is 14.9 Å². The van der Waals surface area contributed by atoms with E-state index in [2.05, 4.69) is 48.0 Å². The average Bonchev–Trinajstić information content (AvgIpc) is 3.18. The smallest absolute Gasteiger partial charge is 0.254 e. The van der Waals surface area contributed by atoms with Gasteiger partial charge in [-0.3, -0.25) is 9.48 Å². The molecule has 4 heterocycles. The molecule has 1 aliphatic rings. The Labute approximate surface area is 197 Å². The zero-order valence-corrected chi connectivity index (χ0v) is 19.3. The molecule has 1 aliphatic carbocycles. The zero-order chi connectivity index (χ0) is 22.1. The molecule has 9 nitrogen and oxygen atoms in total. The van der Waals surface area contributed by atoms with Gasteiger partial charge in [0, 0.05) is 27.6 Å². The van der Waals surface area contributed by atoms with E-state index in [-0.39, 0.29) is 5.91 Å². The number of carbonyl (C=O) groups is 1. The molecule has 0 aromatic carbocycles. The number of rotatable bonds is 8. The van der Waals surface area contributed by atoms with E-state index in [0.717, 1.165) is 33.3 Å². The number of amides is 1. The molecular weight excluding hydrogens is 519 g/mol. The van der Waals surface area contributed by atoms with Crippen LogP contribution in [-0.2, 0) is 13.1 Å². The van der Waals surface area contributed by atoms with E-state index in [0.29, 0.717) is 36.1 Å². The largest absolute Gasteiger partial charge is 0.346 e. The van der Waals surface area contributed by atoms with Gasteiger partial charge in [-0.1, -0.05) is 0 Å². The van der Waals surface area contributed by atoms with E-state index in [9.17, 15) is 4.79 Å². The van der Waals surface area contributed by atoms with Gasteiger partial charge in [-0.25, -0.2) is 9.97 Å². The van der Waals surface area contributed by atoms with E-state index < -0.39 is 0 Å². The number of nitrogens with zero attached hydrogens (tertiary/aromatic N) is 5. The third kappa shape index (κ3) is 4.64. The molecule has 4 aromatic heterocycles. The highest BCUT2D eigenvalue weighted by Gasteiger charge is 2.24. The van der Waals surface area contributed by atoms with Crippen molar-refractivity contribution in [3.05, 3.63) is 75.7 Å². The Balaban J connectivity index is 1.18. The van der Waals surface area contributed by atoms with Crippen molar-refractivity contribution in [1.82, 2.24) is 34.4 Å². The van der Waals surface area contributed by atoms with Gasteiger partial charge in [0.05, 0.1) is 54.3 Å². The Kier molecular flexibility index (Phi) is 5.60. The van der Waals surface area contributed by atoms with Crippen LogP contribution in [0.2, 0.25) is 0 Å². The minimum Gasteiger partial charge on any atom is -0.346 e. The highest BCUT2D eigenvalue weighted by atomic mass is 127.